The summed E-state index contributed by atoms with van der Waals surface area (Å²) < 4.78 is 11.9. The molecule has 46 heavy (non-hydrogen) atoms. The zero-order valence-corrected chi connectivity index (χ0v) is 27.0. The summed E-state index contributed by atoms with van der Waals surface area (Å²) in [5.74, 6) is -0.239. The van der Waals surface area contributed by atoms with E-state index >= 15 is 0 Å². The van der Waals surface area contributed by atoms with Gasteiger partial charge in [-0.25, -0.2) is 0 Å². The number of para-hydroxylation sites is 1. The van der Waals surface area contributed by atoms with Crippen molar-refractivity contribution < 1.29 is 28.7 Å². The van der Waals surface area contributed by atoms with Gasteiger partial charge >= 0.3 is 0 Å². The molecule has 4 rings (SSSR count). The van der Waals surface area contributed by atoms with E-state index in [1.807, 2.05) is 55.5 Å². The molecule has 0 radical (unpaired) electrons. The topological polar surface area (TPSA) is 126 Å². The lowest BCUT2D eigenvalue weighted by Crippen LogP contribution is -2.50. The van der Waals surface area contributed by atoms with Crippen molar-refractivity contribution in [1.82, 2.24) is 20.9 Å². The van der Waals surface area contributed by atoms with Gasteiger partial charge in [-0.15, -0.1) is 0 Å². The van der Waals surface area contributed by atoms with Gasteiger partial charge in [-0.2, -0.15) is 0 Å². The molecule has 2 atom stereocenters. The van der Waals surface area contributed by atoms with Gasteiger partial charge in [0.05, 0.1) is 18.7 Å². The first-order valence-corrected chi connectivity index (χ1v) is 15.7. The van der Waals surface area contributed by atoms with Crippen LogP contribution in [0, 0.1) is 6.92 Å². The van der Waals surface area contributed by atoms with Crippen molar-refractivity contribution in [2.45, 2.75) is 58.0 Å². The van der Waals surface area contributed by atoms with Gasteiger partial charge in [0, 0.05) is 19.9 Å². The monoisotopic (exact) mass is 628 g/mol. The van der Waals surface area contributed by atoms with Gasteiger partial charge in [0.1, 0.15) is 36.8 Å². The number of hydrogen-bond acceptors (Lipinski definition) is 6. The SMILES string of the molecule is Cc1ccc(C(C)C)c(OCCNC(=O)[C@@H]2CCC(=O)N[C@@H](Cc3ccccc3)C(=O)N(C)CCOc3ccccc3C(=O)N2)c1. The van der Waals surface area contributed by atoms with Gasteiger partial charge in [0.15, 0.2) is 0 Å². The summed E-state index contributed by atoms with van der Waals surface area (Å²) in [6.45, 7) is 6.97. The average Bonchev–Trinajstić information content (AvgIpc) is 3.04. The maximum atomic E-state index is 13.4. The minimum absolute atomic E-state index is 0.0186. The van der Waals surface area contributed by atoms with Crippen LogP contribution in [0.4, 0.5) is 0 Å². The zero-order chi connectivity index (χ0) is 33.1. The van der Waals surface area contributed by atoms with Crippen molar-refractivity contribution in [3.63, 3.8) is 0 Å². The Hall–Kier alpha value is -4.86. The Morgan fingerprint density at radius 3 is 2.52 bits per heavy atom. The molecule has 0 saturated heterocycles. The Morgan fingerprint density at radius 2 is 1.76 bits per heavy atom. The summed E-state index contributed by atoms with van der Waals surface area (Å²) in [6.07, 6.45) is 0.237. The molecule has 0 unspecified atom stereocenters. The third-order valence-electron chi connectivity index (χ3n) is 7.84. The Bertz CT molecular complexity index is 1510. The molecule has 3 aromatic rings. The molecule has 0 spiro atoms. The number of likely N-dealkylation sites (N-methyl/N-ethyl adjacent to an activating group) is 1. The molecule has 0 fully saturated rings. The van der Waals surface area contributed by atoms with Gasteiger partial charge in [0.25, 0.3) is 5.91 Å². The lowest BCUT2D eigenvalue weighted by molar-refractivity contribution is -0.135. The van der Waals surface area contributed by atoms with Crippen molar-refractivity contribution in [1.29, 1.82) is 0 Å². The molecule has 3 N–H and O–H groups in total. The molecule has 1 aliphatic heterocycles. The van der Waals surface area contributed by atoms with E-state index in [4.69, 9.17) is 9.47 Å². The predicted octanol–water partition coefficient (Wildman–Crippen LogP) is 3.77. The van der Waals surface area contributed by atoms with Gasteiger partial charge < -0.3 is 30.3 Å². The average molecular weight is 629 g/mol. The highest BCUT2D eigenvalue weighted by atomic mass is 16.5. The molecule has 10 nitrogen and oxygen atoms in total. The molecule has 0 saturated carbocycles. The molecule has 1 aliphatic rings. The second kappa shape index (κ2) is 16.5. The van der Waals surface area contributed by atoms with Crippen LogP contribution in [0.1, 0.15) is 59.7 Å². The Labute approximate surface area is 270 Å². The molecular formula is C36H44N4O6. The number of amides is 4. The molecule has 0 aromatic heterocycles. The first kappa shape index (κ1) is 34.0. The van der Waals surface area contributed by atoms with E-state index in [0.29, 0.717) is 12.2 Å². The maximum absolute atomic E-state index is 13.4. The van der Waals surface area contributed by atoms with Crippen molar-refractivity contribution in [2.75, 3.05) is 33.4 Å². The predicted molar refractivity (Wildman–Crippen MR) is 176 cm³/mol. The zero-order valence-electron chi connectivity index (χ0n) is 27.0. The number of aryl methyl sites for hydroxylation is 1. The number of fused-ring (bicyclic) bond motifs is 1. The normalized spacial score (nSPS) is 17.9. The van der Waals surface area contributed by atoms with Gasteiger partial charge in [-0.05, 0) is 54.2 Å². The van der Waals surface area contributed by atoms with Gasteiger partial charge in [-0.1, -0.05) is 68.4 Å². The quantitative estimate of drug-likeness (QED) is 0.326. The molecule has 3 aromatic carbocycles. The van der Waals surface area contributed by atoms with Gasteiger partial charge in [0.2, 0.25) is 17.7 Å². The third kappa shape index (κ3) is 9.57. The second-order valence-corrected chi connectivity index (χ2v) is 11.8. The molecule has 4 amide bonds. The first-order valence-electron chi connectivity index (χ1n) is 15.7. The van der Waals surface area contributed by atoms with Crippen molar-refractivity contribution in [3.8, 4) is 11.5 Å². The van der Waals surface area contributed by atoms with Crippen LogP contribution in [0.2, 0.25) is 0 Å². The summed E-state index contributed by atoms with van der Waals surface area (Å²) >= 11 is 0. The fourth-order valence-corrected chi connectivity index (χ4v) is 5.25. The van der Waals surface area contributed by atoms with E-state index in [-0.39, 0.29) is 56.5 Å². The fourth-order valence-electron chi connectivity index (χ4n) is 5.25. The number of rotatable bonds is 8. The summed E-state index contributed by atoms with van der Waals surface area (Å²) in [5.41, 5.74) is 3.30. The van der Waals surface area contributed by atoms with Crippen molar-refractivity contribution in [3.05, 3.63) is 95.1 Å². The van der Waals surface area contributed by atoms with Crippen LogP contribution in [0.5, 0.6) is 11.5 Å². The minimum Gasteiger partial charge on any atom is -0.491 e. The minimum atomic E-state index is -1.02. The molecule has 10 heteroatoms. The van der Waals surface area contributed by atoms with Gasteiger partial charge in [-0.3, -0.25) is 19.2 Å². The van der Waals surface area contributed by atoms with E-state index in [0.717, 1.165) is 22.4 Å². The summed E-state index contributed by atoms with van der Waals surface area (Å²) in [6, 6.07) is 20.4. The van der Waals surface area contributed by atoms with Crippen LogP contribution in [-0.2, 0) is 20.8 Å². The number of benzene rings is 3. The van der Waals surface area contributed by atoms with E-state index in [1.165, 1.54) is 4.90 Å². The maximum Gasteiger partial charge on any atom is 0.255 e. The largest absolute Gasteiger partial charge is 0.491 e. The van der Waals surface area contributed by atoms with E-state index in [1.54, 1.807) is 31.3 Å². The molecule has 1 heterocycles. The number of nitrogens with one attached hydrogen (secondary N) is 3. The Balaban J connectivity index is 1.49. The highest BCUT2D eigenvalue weighted by Gasteiger charge is 2.28. The molecule has 244 valence electrons. The lowest BCUT2D eigenvalue weighted by Gasteiger charge is -2.25. The van der Waals surface area contributed by atoms with E-state index in [9.17, 15) is 19.2 Å². The Kier molecular flexibility index (Phi) is 12.2. The Morgan fingerprint density at radius 1 is 1.02 bits per heavy atom. The highest BCUT2D eigenvalue weighted by Crippen LogP contribution is 2.27. The fraction of sp³-hybridized carbons (Fsp3) is 0.389. The number of carbonyl (C=O) groups excluding carboxylic acids is 4. The van der Waals surface area contributed by atoms with E-state index < -0.39 is 29.8 Å². The van der Waals surface area contributed by atoms with Crippen LogP contribution in [0.3, 0.4) is 0 Å². The standard InChI is InChI=1S/C36H44N4O6/c1-24(2)27-15-14-25(3)22-32(27)45-20-18-37-35(43)29-16-17-33(41)38-30(23-26-10-6-5-7-11-26)36(44)40(4)19-21-46-31-13-9-8-12-28(31)34(42)39-29/h5-15,22,24,29-30H,16-21,23H2,1-4H3,(H,37,43)(H,38,41)(H,39,42)/t29-,30-/m0/s1. The first-order chi connectivity index (χ1) is 22.1. The van der Waals surface area contributed by atoms with E-state index in [2.05, 4.69) is 29.8 Å². The number of hydrogen-bond donors (Lipinski definition) is 3. The van der Waals surface area contributed by atoms with Crippen molar-refractivity contribution >= 4 is 23.6 Å². The lowest BCUT2D eigenvalue weighted by atomic mass is 10.0. The number of carbonyl (C=O) groups is 4. The second-order valence-electron chi connectivity index (χ2n) is 11.8. The summed E-state index contributed by atoms with van der Waals surface area (Å²) in [4.78, 5) is 54.9. The molecule has 0 bridgehead atoms. The molecular weight excluding hydrogens is 584 g/mol. The summed E-state index contributed by atoms with van der Waals surface area (Å²) in [7, 11) is 1.65. The third-order valence-corrected chi connectivity index (χ3v) is 7.84. The summed E-state index contributed by atoms with van der Waals surface area (Å²) in [5, 5.41) is 8.49. The number of ether oxygens (including phenoxy) is 2. The van der Waals surface area contributed by atoms with Crippen LogP contribution in [0.15, 0.2) is 72.8 Å². The van der Waals surface area contributed by atoms with Crippen LogP contribution >= 0.6 is 0 Å². The van der Waals surface area contributed by atoms with Crippen LogP contribution in [-0.4, -0.2) is 74.0 Å². The highest BCUT2D eigenvalue weighted by molar-refractivity contribution is 5.99. The number of nitrogens with zero attached hydrogens (tertiary/aromatic N) is 1. The smallest absolute Gasteiger partial charge is 0.255 e. The van der Waals surface area contributed by atoms with Crippen molar-refractivity contribution in [2.24, 2.45) is 0 Å². The molecule has 0 aliphatic carbocycles. The van der Waals surface area contributed by atoms with Crippen LogP contribution < -0.4 is 25.4 Å². The van der Waals surface area contributed by atoms with Crippen LogP contribution in [0.25, 0.3) is 0 Å².